The first-order chi connectivity index (χ1) is 9.02. The van der Waals surface area contributed by atoms with Crippen LogP contribution in [-0.2, 0) is 6.54 Å². The smallest absolute Gasteiger partial charge is 0.185 e. The predicted octanol–water partition coefficient (Wildman–Crippen LogP) is 3.58. The molecule has 108 valence electrons. The molecule has 0 aliphatic carbocycles. The lowest BCUT2D eigenvalue weighted by atomic mass is 9.84. The largest absolute Gasteiger partial charge is 0.348 e. The van der Waals surface area contributed by atoms with Gasteiger partial charge in [-0.1, -0.05) is 20.8 Å². The van der Waals surface area contributed by atoms with Crippen molar-refractivity contribution >= 4 is 16.5 Å². The quantitative estimate of drug-likeness (QED) is 0.836. The summed E-state index contributed by atoms with van der Waals surface area (Å²) in [4.78, 5) is 8.65. The van der Waals surface area contributed by atoms with Crippen LogP contribution in [0, 0.1) is 12.3 Å². The molecule has 1 aliphatic heterocycles. The second-order valence-electron chi connectivity index (χ2n) is 6.37. The van der Waals surface area contributed by atoms with Gasteiger partial charge in [-0.3, -0.25) is 0 Å². The van der Waals surface area contributed by atoms with Crippen molar-refractivity contribution < 1.29 is 0 Å². The Kier molecular flexibility index (Phi) is 4.85. The van der Waals surface area contributed by atoms with Gasteiger partial charge in [-0.25, -0.2) is 4.98 Å². The molecule has 0 spiro atoms. The van der Waals surface area contributed by atoms with Gasteiger partial charge in [0.15, 0.2) is 5.13 Å². The molecule has 19 heavy (non-hydrogen) atoms. The molecule has 0 aromatic carbocycles. The summed E-state index contributed by atoms with van der Waals surface area (Å²) in [5, 5.41) is 4.70. The third-order valence-electron chi connectivity index (χ3n) is 3.76. The van der Waals surface area contributed by atoms with Crippen LogP contribution in [0.5, 0.6) is 0 Å². The molecule has 1 fully saturated rings. The number of aryl methyl sites for hydroxylation is 1. The third kappa shape index (κ3) is 3.93. The first-order valence-electron chi connectivity index (χ1n) is 7.44. The fourth-order valence-electron chi connectivity index (χ4n) is 2.68. The minimum absolute atomic E-state index is 0.429. The summed E-state index contributed by atoms with van der Waals surface area (Å²) in [5.41, 5.74) is 1.63. The van der Waals surface area contributed by atoms with Crippen LogP contribution in [0.3, 0.4) is 0 Å². The lowest BCUT2D eigenvalue weighted by Crippen LogP contribution is -2.40. The maximum absolute atomic E-state index is 4.78. The van der Waals surface area contributed by atoms with Crippen LogP contribution in [-0.4, -0.2) is 24.6 Å². The molecule has 4 heteroatoms. The van der Waals surface area contributed by atoms with Crippen molar-refractivity contribution in [2.75, 3.05) is 24.5 Å². The van der Waals surface area contributed by atoms with E-state index in [2.05, 4.69) is 37.9 Å². The van der Waals surface area contributed by atoms with Crippen molar-refractivity contribution in [3.63, 3.8) is 0 Å². The highest BCUT2D eigenvalue weighted by Crippen LogP contribution is 2.34. The van der Waals surface area contributed by atoms with E-state index in [4.69, 9.17) is 4.98 Å². The molecule has 0 unspecified atom stereocenters. The zero-order valence-corrected chi connectivity index (χ0v) is 13.6. The van der Waals surface area contributed by atoms with Gasteiger partial charge in [-0.05, 0) is 38.1 Å². The zero-order chi connectivity index (χ0) is 13.9. The Bertz CT molecular complexity index is 412. The van der Waals surface area contributed by atoms with Crippen molar-refractivity contribution in [1.29, 1.82) is 0 Å². The molecule has 0 radical (unpaired) electrons. The van der Waals surface area contributed by atoms with Crippen molar-refractivity contribution in [1.82, 2.24) is 10.3 Å². The number of hydrogen-bond donors (Lipinski definition) is 1. The molecule has 1 aromatic heterocycles. The molecule has 0 amide bonds. The topological polar surface area (TPSA) is 28.2 Å². The number of thiazole rings is 1. The minimum Gasteiger partial charge on any atom is -0.348 e. The number of anilines is 1. The van der Waals surface area contributed by atoms with E-state index in [-0.39, 0.29) is 0 Å². The molecule has 1 saturated heterocycles. The lowest BCUT2D eigenvalue weighted by molar-refractivity contribution is 0.293. The van der Waals surface area contributed by atoms with Crippen molar-refractivity contribution in [2.45, 2.75) is 53.5 Å². The molecule has 0 saturated carbocycles. The maximum atomic E-state index is 4.78. The maximum Gasteiger partial charge on any atom is 0.185 e. The number of nitrogens with one attached hydrogen (secondary N) is 1. The summed E-state index contributed by atoms with van der Waals surface area (Å²) in [6, 6.07) is 0. The molecule has 2 rings (SSSR count). The summed E-state index contributed by atoms with van der Waals surface area (Å²) in [5.74, 6) is 0. The molecule has 3 nitrogen and oxygen atoms in total. The van der Waals surface area contributed by atoms with Crippen molar-refractivity contribution in [3.8, 4) is 0 Å². The van der Waals surface area contributed by atoms with E-state index >= 15 is 0 Å². The highest BCUT2D eigenvalue weighted by Gasteiger charge is 2.28. The highest BCUT2D eigenvalue weighted by atomic mass is 32.1. The molecular weight excluding hydrogens is 254 g/mol. The number of aromatic nitrogens is 1. The van der Waals surface area contributed by atoms with Crippen LogP contribution in [0.2, 0.25) is 0 Å². The van der Waals surface area contributed by atoms with Crippen LogP contribution in [0.25, 0.3) is 0 Å². The summed E-state index contributed by atoms with van der Waals surface area (Å²) >= 11 is 1.87. The van der Waals surface area contributed by atoms with Gasteiger partial charge in [0, 0.05) is 24.5 Å². The van der Waals surface area contributed by atoms with Gasteiger partial charge < -0.3 is 10.2 Å². The van der Waals surface area contributed by atoms with Crippen molar-refractivity contribution in [2.24, 2.45) is 5.41 Å². The minimum atomic E-state index is 0.429. The monoisotopic (exact) mass is 281 g/mol. The van der Waals surface area contributed by atoms with E-state index < -0.39 is 0 Å². The third-order valence-corrected chi connectivity index (χ3v) is 4.98. The average Bonchev–Trinajstić information content (AvgIpc) is 2.70. The van der Waals surface area contributed by atoms with E-state index in [1.165, 1.54) is 35.0 Å². The van der Waals surface area contributed by atoms with Gasteiger partial charge >= 0.3 is 0 Å². The van der Waals surface area contributed by atoms with E-state index in [1.54, 1.807) is 0 Å². The van der Waals surface area contributed by atoms with E-state index in [1.807, 2.05) is 11.3 Å². The molecule has 1 aliphatic rings. The molecule has 1 N–H and O–H groups in total. The Morgan fingerprint density at radius 3 is 2.89 bits per heavy atom. The van der Waals surface area contributed by atoms with Gasteiger partial charge in [0.2, 0.25) is 0 Å². The normalized spacial score (nSPS) is 18.8. The molecular formula is C15H27N3S. The second-order valence-corrected chi connectivity index (χ2v) is 7.43. The molecule has 1 aromatic rings. The van der Waals surface area contributed by atoms with Crippen LogP contribution in [0.4, 0.5) is 5.13 Å². The Morgan fingerprint density at radius 2 is 2.21 bits per heavy atom. The number of rotatable bonds is 5. The zero-order valence-electron chi connectivity index (χ0n) is 12.8. The summed E-state index contributed by atoms with van der Waals surface area (Å²) in [7, 11) is 0. The Labute approximate surface area is 121 Å². The van der Waals surface area contributed by atoms with Crippen LogP contribution < -0.4 is 10.2 Å². The highest BCUT2D eigenvalue weighted by molar-refractivity contribution is 7.15. The second kappa shape index (κ2) is 6.23. The lowest BCUT2D eigenvalue weighted by Gasteiger charge is -2.37. The number of hydrogen-bond acceptors (Lipinski definition) is 4. The first-order valence-corrected chi connectivity index (χ1v) is 8.25. The number of piperidine rings is 1. The Hall–Kier alpha value is -0.610. The van der Waals surface area contributed by atoms with E-state index in [0.29, 0.717) is 5.41 Å². The van der Waals surface area contributed by atoms with Crippen molar-refractivity contribution in [3.05, 3.63) is 10.6 Å². The summed E-state index contributed by atoms with van der Waals surface area (Å²) < 4.78 is 0. The fourth-order valence-corrected chi connectivity index (χ4v) is 3.73. The Morgan fingerprint density at radius 1 is 1.42 bits per heavy atom. The first kappa shape index (κ1) is 14.8. The van der Waals surface area contributed by atoms with Crippen LogP contribution in [0.15, 0.2) is 0 Å². The van der Waals surface area contributed by atoms with Gasteiger partial charge in [-0.15, -0.1) is 11.3 Å². The Balaban J connectivity index is 2.02. The van der Waals surface area contributed by atoms with Gasteiger partial charge in [-0.2, -0.15) is 0 Å². The van der Waals surface area contributed by atoms with Gasteiger partial charge in [0.1, 0.15) is 0 Å². The van der Waals surface area contributed by atoms with Gasteiger partial charge in [0.25, 0.3) is 0 Å². The summed E-state index contributed by atoms with van der Waals surface area (Å²) in [6.07, 6.45) is 3.80. The molecule has 2 heterocycles. The van der Waals surface area contributed by atoms with Gasteiger partial charge in [0.05, 0.1) is 5.69 Å². The number of nitrogens with zero attached hydrogens (tertiary/aromatic N) is 2. The average molecular weight is 281 g/mol. The van der Waals surface area contributed by atoms with E-state index in [9.17, 15) is 0 Å². The van der Waals surface area contributed by atoms with Crippen LogP contribution >= 0.6 is 11.3 Å². The summed E-state index contributed by atoms with van der Waals surface area (Å²) in [6.45, 7) is 13.4. The SMILES string of the molecule is CCCNCc1sc(N2CCCC(C)(C)C2)nc1C. The standard InChI is InChI=1S/C15H27N3S/c1-5-8-16-10-13-12(2)17-14(19-13)18-9-6-7-15(3,4)11-18/h16H,5-11H2,1-4H3. The molecule has 0 bridgehead atoms. The molecule has 0 atom stereocenters. The van der Waals surface area contributed by atoms with Crippen LogP contribution in [0.1, 0.15) is 50.6 Å². The van der Waals surface area contributed by atoms with E-state index in [0.717, 1.165) is 26.2 Å². The fraction of sp³-hybridized carbons (Fsp3) is 0.800. The predicted molar refractivity (Wildman–Crippen MR) is 84.1 cm³/mol.